The van der Waals surface area contributed by atoms with E-state index in [1.165, 1.54) is 24.3 Å². The summed E-state index contributed by atoms with van der Waals surface area (Å²) in [6.07, 6.45) is 0.987. The van der Waals surface area contributed by atoms with Crippen LogP contribution in [-0.2, 0) is 0 Å². The van der Waals surface area contributed by atoms with Gasteiger partial charge in [0.15, 0.2) is 0 Å². The minimum atomic E-state index is -0.859. The van der Waals surface area contributed by atoms with Crippen LogP contribution >= 0.6 is 0 Å². The number of ether oxygens (including phenoxy) is 1. The number of carbonyl (C=O) groups excluding carboxylic acids is 1. The SMILES string of the molecule is COc1ccc(NC(=O)N(CC(O)c2ccc(F)cc2)C2CC2)cc1. The van der Waals surface area contributed by atoms with E-state index in [1.54, 1.807) is 36.3 Å². The van der Waals surface area contributed by atoms with Gasteiger partial charge in [-0.05, 0) is 54.8 Å². The second-order valence-corrected chi connectivity index (χ2v) is 6.11. The molecule has 0 bridgehead atoms. The van der Waals surface area contributed by atoms with Gasteiger partial charge in [0.1, 0.15) is 11.6 Å². The Hall–Kier alpha value is -2.60. The third kappa shape index (κ3) is 4.48. The molecule has 1 atom stereocenters. The number of rotatable bonds is 6. The van der Waals surface area contributed by atoms with Crippen molar-refractivity contribution in [1.82, 2.24) is 4.90 Å². The van der Waals surface area contributed by atoms with Crippen molar-refractivity contribution in [1.29, 1.82) is 0 Å². The molecule has 1 aliphatic rings. The highest BCUT2D eigenvalue weighted by Gasteiger charge is 2.34. The summed E-state index contributed by atoms with van der Waals surface area (Å²) in [5, 5.41) is 13.2. The Morgan fingerprint density at radius 2 is 1.88 bits per heavy atom. The van der Waals surface area contributed by atoms with Crippen molar-refractivity contribution in [2.24, 2.45) is 0 Å². The number of nitrogens with one attached hydrogen (secondary N) is 1. The van der Waals surface area contributed by atoms with Gasteiger partial charge in [0.25, 0.3) is 0 Å². The highest BCUT2D eigenvalue weighted by molar-refractivity contribution is 5.89. The minimum Gasteiger partial charge on any atom is -0.497 e. The maximum absolute atomic E-state index is 13.0. The number of methoxy groups -OCH3 is 1. The number of hydrogen-bond donors (Lipinski definition) is 2. The van der Waals surface area contributed by atoms with Crippen LogP contribution in [0, 0.1) is 5.82 Å². The average Bonchev–Trinajstić information content (AvgIpc) is 3.45. The monoisotopic (exact) mass is 344 g/mol. The Balaban J connectivity index is 1.65. The number of amides is 2. The summed E-state index contributed by atoms with van der Waals surface area (Å²) in [4.78, 5) is 14.2. The number of urea groups is 1. The van der Waals surface area contributed by atoms with Gasteiger partial charge < -0.3 is 20.1 Å². The molecule has 2 N–H and O–H groups in total. The molecule has 0 heterocycles. The van der Waals surface area contributed by atoms with Crippen molar-refractivity contribution in [2.75, 3.05) is 19.0 Å². The third-order valence-electron chi connectivity index (χ3n) is 4.21. The van der Waals surface area contributed by atoms with Crippen LogP contribution in [0.1, 0.15) is 24.5 Å². The van der Waals surface area contributed by atoms with Crippen LogP contribution < -0.4 is 10.1 Å². The topological polar surface area (TPSA) is 61.8 Å². The number of aliphatic hydroxyl groups excluding tert-OH is 1. The summed E-state index contributed by atoms with van der Waals surface area (Å²) in [5.41, 5.74) is 1.25. The average molecular weight is 344 g/mol. The lowest BCUT2D eigenvalue weighted by molar-refractivity contribution is 0.123. The number of hydrogen-bond acceptors (Lipinski definition) is 3. The molecule has 132 valence electrons. The largest absolute Gasteiger partial charge is 0.497 e. The summed E-state index contributed by atoms with van der Waals surface area (Å²) in [6.45, 7) is 0.165. The van der Waals surface area contributed by atoms with Crippen LogP contribution in [0.15, 0.2) is 48.5 Å². The van der Waals surface area contributed by atoms with Crippen molar-refractivity contribution < 1.29 is 19.0 Å². The molecule has 0 aliphatic heterocycles. The number of nitrogens with zero attached hydrogens (tertiary/aromatic N) is 1. The Kier molecular flexibility index (Phi) is 5.19. The van der Waals surface area contributed by atoms with Crippen molar-refractivity contribution in [2.45, 2.75) is 25.0 Å². The number of anilines is 1. The first-order valence-electron chi connectivity index (χ1n) is 8.22. The van der Waals surface area contributed by atoms with Crippen LogP contribution in [0.2, 0.25) is 0 Å². The van der Waals surface area contributed by atoms with E-state index in [4.69, 9.17) is 4.74 Å². The fourth-order valence-electron chi connectivity index (χ4n) is 2.63. The van der Waals surface area contributed by atoms with E-state index in [0.29, 0.717) is 17.0 Å². The first-order chi connectivity index (χ1) is 12.1. The molecule has 0 radical (unpaired) electrons. The normalized spacial score (nSPS) is 14.7. The number of aliphatic hydroxyl groups is 1. The van der Waals surface area contributed by atoms with Crippen LogP contribution in [0.5, 0.6) is 5.75 Å². The van der Waals surface area contributed by atoms with Crippen LogP contribution in [0.25, 0.3) is 0 Å². The van der Waals surface area contributed by atoms with Gasteiger partial charge in [-0.2, -0.15) is 0 Å². The Bertz CT molecular complexity index is 714. The smallest absolute Gasteiger partial charge is 0.322 e. The molecule has 0 aromatic heterocycles. The van der Waals surface area contributed by atoms with Crippen molar-refractivity contribution in [3.8, 4) is 5.75 Å². The zero-order chi connectivity index (χ0) is 17.8. The molecule has 0 saturated heterocycles. The Morgan fingerprint density at radius 1 is 1.24 bits per heavy atom. The summed E-state index contributed by atoms with van der Waals surface area (Å²) in [6, 6.07) is 12.6. The van der Waals surface area contributed by atoms with Gasteiger partial charge >= 0.3 is 6.03 Å². The van der Waals surface area contributed by atoms with E-state index >= 15 is 0 Å². The molecule has 2 aromatic carbocycles. The molecule has 25 heavy (non-hydrogen) atoms. The van der Waals surface area contributed by atoms with E-state index in [0.717, 1.165) is 12.8 Å². The highest BCUT2D eigenvalue weighted by Crippen LogP contribution is 2.30. The summed E-state index contributed by atoms with van der Waals surface area (Å²) < 4.78 is 18.1. The summed E-state index contributed by atoms with van der Waals surface area (Å²) >= 11 is 0. The zero-order valence-corrected chi connectivity index (χ0v) is 14.0. The molecule has 1 saturated carbocycles. The van der Waals surface area contributed by atoms with Crippen LogP contribution in [0.3, 0.4) is 0 Å². The van der Waals surface area contributed by atoms with E-state index < -0.39 is 6.10 Å². The molecule has 1 aliphatic carbocycles. The molecule has 2 aromatic rings. The Labute approximate surface area is 146 Å². The second-order valence-electron chi connectivity index (χ2n) is 6.11. The van der Waals surface area contributed by atoms with Gasteiger partial charge in [-0.25, -0.2) is 9.18 Å². The second kappa shape index (κ2) is 7.53. The maximum Gasteiger partial charge on any atom is 0.322 e. The summed E-state index contributed by atoms with van der Waals surface area (Å²) in [5.74, 6) is 0.357. The molecule has 6 heteroatoms. The zero-order valence-electron chi connectivity index (χ0n) is 14.0. The molecular weight excluding hydrogens is 323 g/mol. The lowest BCUT2D eigenvalue weighted by Gasteiger charge is -2.25. The van der Waals surface area contributed by atoms with E-state index in [9.17, 15) is 14.3 Å². The lowest BCUT2D eigenvalue weighted by Crippen LogP contribution is -2.39. The van der Waals surface area contributed by atoms with Crippen molar-refractivity contribution in [3.05, 3.63) is 59.9 Å². The van der Waals surface area contributed by atoms with Gasteiger partial charge in [-0.15, -0.1) is 0 Å². The third-order valence-corrected chi connectivity index (χ3v) is 4.21. The first kappa shape index (κ1) is 17.2. The number of benzene rings is 2. The predicted octanol–water partition coefficient (Wildman–Crippen LogP) is 3.56. The van der Waals surface area contributed by atoms with E-state index in [1.807, 2.05) is 0 Å². The van der Waals surface area contributed by atoms with E-state index in [-0.39, 0.29) is 24.4 Å². The quantitative estimate of drug-likeness (QED) is 0.842. The molecule has 2 amide bonds. The fourth-order valence-corrected chi connectivity index (χ4v) is 2.63. The minimum absolute atomic E-state index is 0.133. The van der Waals surface area contributed by atoms with E-state index in [2.05, 4.69) is 5.32 Å². The molecule has 1 unspecified atom stereocenters. The molecule has 3 rings (SSSR count). The van der Waals surface area contributed by atoms with Gasteiger partial charge in [-0.3, -0.25) is 0 Å². The number of halogens is 1. The van der Waals surface area contributed by atoms with Gasteiger partial charge in [0.2, 0.25) is 0 Å². The van der Waals surface area contributed by atoms with Crippen LogP contribution in [0.4, 0.5) is 14.9 Å². The van der Waals surface area contributed by atoms with Crippen LogP contribution in [-0.4, -0.2) is 35.7 Å². The summed E-state index contributed by atoms with van der Waals surface area (Å²) in [7, 11) is 1.58. The van der Waals surface area contributed by atoms with Gasteiger partial charge in [0.05, 0.1) is 19.8 Å². The van der Waals surface area contributed by atoms with Crippen molar-refractivity contribution in [3.63, 3.8) is 0 Å². The molecule has 1 fully saturated rings. The fraction of sp³-hybridized carbons (Fsp3) is 0.316. The lowest BCUT2D eigenvalue weighted by atomic mass is 10.1. The first-order valence-corrected chi connectivity index (χ1v) is 8.22. The molecular formula is C19H21FN2O3. The molecule has 5 nitrogen and oxygen atoms in total. The Morgan fingerprint density at radius 3 is 2.44 bits per heavy atom. The van der Waals surface area contributed by atoms with Crippen molar-refractivity contribution >= 4 is 11.7 Å². The molecule has 0 spiro atoms. The standard InChI is InChI=1S/C19H21FN2O3/c1-25-17-10-6-15(7-11-17)21-19(24)22(16-8-9-16)12-18(23)13-2-4-14(20)5-3-13/h2-7,10-11,16,18,23H,8-9,12H2,1H3,(H,21,24). The van der Waals surface area contributed by atoms with Gasteiger partial charge in [-0.1, -0.05) is 12.1 Å². The predicted molar refractivity (Wildman–Crippen MR) is 93.1 cm³/mol. The number of carbonyl (C=O) groups is 1. The van der Waals surface area contributed by atoms with Gasteiger partial charge in [0, 0.05) is 11.7 Å². The maximum atomic E-state index is 13.0. The highest BCUT2D eigenvalue weighted by atomic mass is 19.1.